The Kier molecular flexibility index (Phi) is 5.22. The normalized spacial score (nSPS) is 22.0. The van der Waals surface area contributed by atoms with Gasteiger partial charge in [-0.3, -0.25) is 4.79 Å². The number of amides is 1. The van der Waals surface area contributed by atoms with Crippen LogP contribution in [0.2, 0.25) is 0 Å². The van der Waals surface area contributed by atoms with Crippen LogP contribution < -0.4 is 5.73 Å². The third-order valence-electron chi connectivity index (χ3n) is 4.35. The molecule has 2 unspecified atom stereocenters. The van der Waals surface area contributed by atoms with Crippen molar-refractivity contribution in [1.82, 2.24) is 4.90 Å². The second kappa shape index (κ2) is 6.72. The minimum atomic E-state index is 0.119. The molecule has 0 radical (unpaired) electrons. The maximum atomic E-state index is 12.9. The monoisotopic (exact) mass is 338 g/mol. The van der Waals surface area contributed by atoms with E-state index in [1.165, 1.54) is 6.42 Å². The zero-order valence-electron chi connectivity index (χ0n) is 12.2. The van der Waals surface area contributed by atoms with Crippen molar-refractivity contribution in [2.45, 2.75) is 39.2 Å². The Hall–Kier alpha value is -0.870. The molecule has 20 heavy (non-hydrogen) atoms. The molecule has 1 aromatic carbocycles. The van der Waals surface area contributed by atoms with Crippen LogP contribution in [-0.2, 0) is 0 Å². The Morgan fingerprint density at radius 3 is 2.85 bits per heavy atom. The van der Waals surface area contributed by atoms with Gasteiger partial charge in [0.25, 0.3) is 5.91 Å². The lowest BCUT2D eigenvalue weighted by Gasteiger charge is -2.32. The Bertz CT molecular complexity index is 489. The topological polar surface area (TPSA) is 46.3 Å². The van der Waals surface area contributed by atoms with Crippen molar-refractivity contribution in [3.8, 4) is 0 Å². The molecule has 1 aromatic rings. The van der Waals surface area contributed by atoms with E-state index in [0.29, 0.717) is 18.5 Å². The smallest absolute Gasteiger partial charge is 0.255 e. The minimum absolute atomic E-state index is 0.119. The summed E-state index contributed by atoms with van der Waals surface area (Å²) in [6.07, 6.45) is 3.39. The van der Waals surface area contributed by atoms with E-state index in [0.717, 1.165) is 35.0 Å². The standard InChI is InChI=1S/C16H23BrN2O/c1-3-19(14-9-5-7-12(14)10-18)16(20)13-8-4-6-11(2)15(13)17/h4,6,8,12,14H,3,5,7,9-10,18H2,1-2H3. The number of hydrogen-bond acceptors (Lipinski definition) is 2. The highest BCUT2D eigenvalue weighted by Gasteiger charge is 2.33. The first-order valence-electron chi connectivity index (χ1n) is 7.36. The molecule has 2 atom stereocenters. The Balaban J connectivity index is 2.27. The molecule has 3 nitrogen and oxygen atoms in total. The van der Waals surface area contributed by atoms with Crippen molar-refractivity contribution in [1.29, 1.82) is 0 Å². The molecule has 0 spiro atoms. The zero-order chi connectivity index (χ0) is 14.7. The Morgan fingerprint density at radius 2 is 2.20 bits per heavy atom. The Morgan fingerprint density at radius 1 is 1.45 bits per heavy atom. The summed E-state index contributed by atoms with van der Waals surface area (Å²) in [5, 5.41) is 0. The second-order valence-corrected chi connectivity index (χ2v) is 6.31. The van der Waals surface area contributed by atoms with Crippen LogP contribution in [0, 0.1) is 12.8 Å². The van der Waals surface area contributed by atoms with Gasteiger partial charge in [-0.15, -0.1) is 0 Å². The van der Waals surface area contributed by atoms with E-state index >= 15 is 0 Å². The average molecular weight is 339 g/mol. The number of rotatable bonds is 4. The molecule has 1 fully saturated rings. The van der Waals surface area contributed by atoms with Gasteiger partial charge in [0, 0.05) is 17.1 Å². The summed E-state index contributed by atoms with van der Waals surface area (Å²) in [5.74, 6) is 0.566. The van der Waals surface area contributed by atoms with Crippen LogP contribution in [0.3, 0.4) is 0 Å². The molecule has 0 bridgehead atoms. The molecule has 2 N–H and O–H groups in total. The first-order chi connectivity index (χ1) is 9.60. The lowest BCUT2D eigenvalue weighted by Crippen LogP contribution is -2.44. The Labute approximate surface area is 129 Å². The van der Waals surface area contributed by atoms with Crippen molar-refractivity contribution in [3.63, 3.8) is 0 Å². The summed E-state index contributed by atoms with van der Waals surface area (Å²) in [6.45, 7) is 5.46. The third-order valence-corrected chi connectivity index (χ3v) is 5.40. The van der Waals surface area contributed by atoms with Gasteiger partial charge in [0.05, 0.1) is 5.56 Å². The van der Waals surface area contributed by atoms with E-state index in [9.17, 15) is 4.79 Å². The predicted molar refractivity (Wildman–Crippen MR) is 85.8 cm³/mol. The number of carbonyl (C=O) groups is 1. The number of nitrogens with two attached hydrogens (primary N) is 1. The van der Waals surface area contributed by atoms with Crippen LogP contribution in [0.25, 0.3) is 0 Å². The average Bonchev–Trinajstić information content (AvgIpc) is 2.91. The fourth-order valence-electron chi connectivity index (χ4n) is 3.20. The van der Waals surface area contributed by atoms with Crippen molar-refractivity contribution in [2.24, 2.45) is 11.7 Å². The fraction of sp³-hybridized carbons (Fsp3) is 0.562. The van der Waals surface area contributed by atoms with E-state index in [1.54, 1.807) is 0 Å². The number of halogens is 1. The van der Waals surface area contributed by atoms with Gasteiger partial charge in [-0.2, -0.15) is 0 Å². The highest BCUT2D eigenvalue weighted by molar-refractivity contribution is 9.10. The van der Waals surface area contributed by atoms with Gasteiger partial charge in [0.1, 0.15) is 0 Å². The quantitative estimate of drug-likeness (QED) is 0.914. The van der Waals surface area contributed by atoms with Gasteiger partial charge >= 0.3 is 0 Å². The molecule has 1 aliphatic rings. The molecular weight excluding hydrogens is 316 g/mol. The van der Waals surface area contributed by atoms with Crippen LogP contribution in [0.5, 0.6) is 0 Å². The van der Waals surface area contributed by atoms with E-state index in [-0.39, 0.29) is 5.91 Å². The van der Waals surface area contributed by atoms with Crippen molar-refractivity contribution in [3.05, 3.63) is 33.8 Å². The SMILES string of the molecule is CCN(C(=O)c1cccc(C)c1Br)C1CCCC1CN. The van der Waals surface area contributed by atoms with Crippen LogP contribution in [0.1, 0.15) is 42.1 Å². The van der Waals surface area contributed by atoms with Crippen LogP contribution in [-0.4, -0.2) is 29.9 Å². The van der Waals surface area contributed by atoms with E-state index in [4.69, 9.17) is 5.73 Å². The lowest BCUT2D eigenvalue weighted by atomic mass is 10.0. The number of benzene rings is 1. The van der Waals surface area contributed by atoms with Gasteiger partial charge in [0.15, 0.2) is 0 Å². The largest absolute Gasteiger partial charge is 0.336 e. The summed E-state index contributed by atoms with van der Waals surface area (Å²) in [5.41, 5.74) is 7.71. The molecule has 0 heterocycles. The third kappa shape index (κ3) is 2.91. The maximum absolute atomic E-state index is 12.9. The molecule has 4 heteroatoms. The first-order valence-corrected chi connectivity index (χ1v) is 8.15. The summed E-state index contributed by atoms with van der Waals surface area (Å²) in [6, 6.07) is 6.14. The van der Waals surface area contributed by atoms with Gasteiger partial charge in [-0.05, 0) is 66.7 Å². The maximum Gasteiger partial charge on any atom is 0.255 e. The van der Waals surface area contributed by atoms with E-state index in [2.05, 4.69) is 15.9 Å². The number of nitrogens with zero attached hydrogens (tertiary/aromatic N) is 1. The van der Waals surface area contributed by atoms with E-state index in [1.807, 2.05) is 36.9 Å². The van der Waals surface area contributed by atoms with Crippen molar-refractivity contribution in [2.75, 3.05) is 13.1 Å². The van der Waals surface area contributed by atoms with Gasteiger partial charge < -0.3 is 10.6 Å². The summed E-state index contributed by atoms with van der Waals surface area (Å²) in [7, 11) is 0. The number of hydrogen-bond donors (Lipinski definition) is 1. The van der Waals surface area contributed by atoms with Crippen LogP contribution in [0.15, 0.2) is 22.7 Å². The number of aryl methyl sites for hydroxylation is 1. The van der Waals surface area contributed by atoms with Gasteiger partial charge in [-0.1, -0.05) is 18.6 Å². The molecule has 2 rings (SSSR count). The second-order valence-electron chi connectivity index (χ2n) is 5.52. The zero-order valence-corrected chi connectivity index (χ0v) is 13.8. The van der Waals surface area contributed by atoms with Crippen LogP contribution in [0.4, 0.5) is 0 Å². The molecule has 1 amide bonds. The van der Waals surface area contributed by atoms with Crippen molar-refractivity contribution >= 4 is 21.8 Å². The minimum Gasteiger partial charge on any atom is -0.336 e. The van der Waals surface area contributed by atoms with Gasteiger partial charge in [-0.25, -0.2) is 0 Å². The molecule has 110 valence electrons. The molecular formula is C16H23BrN2O. The predicted octanol–water partition coefficient (Wildman–Crippen LogP) is 3.35. The number of carbonyl (C=O) groups excluding carboxylic acids is 1. The van der Waals surface area contributed by atoms with Gasteiger partial charge in [0.2, 0.25) is 0 Å². The molecule has 1 saturated carbocycles. The molecule has 0 aromatic heterocycles. The highest BCUT2D eigenvalue weighted by Crippen LogP contribution is 2.31. The van der Waals surface area contributed by atoms with Crippen molar-refractivity contribution < 1.29 is 4.79 Å². The highest BCUT2D eigenvalue weighted by atomic mass is 79.9. The molecule has 0 aliphatic heterocycles. The molecule has 1 aliphatic carbocycles. The summed E-state index contributed by atoms with van der Waals surface area (Å²) < 4.78 is 0.908. The lowest BCUT2D eigenvalue weighted by molar-refractivity contribution is 0.0651. The fourth-order valence-corrected chi connectivity index (χ4v) is 3.63. The van der Waals surface area contributed by atoms with Crippen LogP contribution >= 0.6 is 15.9 Å². The van der Waals surface area contributed by atoms with E-state index < -0.39 is 0 Å². The first kappa shape index (κ1) is 15.5. The summed E-state index contributed by atoms with van der Waals surface area (Å²) >= 11 is 3.55. The summed E-state index contributed by atoms with van der Waals surface area (Å²) in [4.78, 5) is 14.9. The molecule has 0 saturated heterocycles.